The van der Waals surface area contributed by atoms with Crippen molar-refractivity contribution in [1.82, 2.24) is 14.7 Å². The highest BCUT2D eigenvalue weighted by molar-refractivity contribution is 5.79. The Hall–Kier alpha value is -2.61. The Balaban J connectivity index is 1.67. The Bertz CT molecular complexity index is 741. The molecule has 0 unspecified atom stereocenters. The van der Waals surface area contributed by atoms with Gasteiger partial charge >= 0.3 is 0 Å². The normalized spacial score (nSPS) is 17.5. The van der Waals surface area contributed by atoms with E-state index in [1.807, 2.05) is 41.0 Å². The first-order chi connectivity index (χ1) is 11.7. The predicted octanol–water partition coefficient (Wildman–Crippen LogP) is 2.69. The fourth-order valence-corrected chi connectivity index (χ4v) is 3.27. The standard InChI is InChI=1S/C19H22N4O/c1-15-12-21-22(13-15)14-18-4-2-3-9-23(18)19(24)10-16-5-7-17(11-20)8-6-16/h5-8,12-13,18H,2-4,9-10,14H2,1H3/t18-/m0/s1. The third-order valence-electron chi connectivity index (χ3n) is 4.55. The molecule has 1 aromatic carbocycles. The zero-order valence-corrected chi connectivity index (χ0v) is 14.0. The molecule has 124 valence electrons. The number of hydrogen-bond acceptors (Lipinski definition) is 3. The van der Waals surface area contributed by atoms with Crippen LogP contribution in [-0.4, -0.2) is 33.2 Å². The van der Waals surface area contributed by atoms with Gasteiger partial charge in [0.2, 0.25) is 5.91 Å². The summed E-state index contributed by atoms with van der Waals surface area (Å²) in [5.74, 6) is 0.160. The van der Waals surface area contributed by atoms with Crippen LogP contribution in [0.4, 0.5) is 0 Å². The van der Waals surface area contributed by atoms with Gasteiger partial charge in [-0.25, -0.2) is 0 Å². The van der Waals surface area contributed by atoms with E-state index in [0.717, 1.165) is 43.5 Å². The van der Waals surface area contributed by atoms with E-state index in [0.29, 0.717) is 12.0 Å². The van der Waals surface area contributed by atoms with Gasteiger partial charge in [0.1, 0.15) is 0 Å². The highest BCUT2D eigenvalue weighted by Gasteiger charge is 2.27. The molecule has 2 aromatic rings. The first-order valence-electron chi connectivity index (χ1n) is 8.43. The lowest BCUT2D eigenvalue weighted by Gasteiger charge is -2.36. The minimum absolute atomic E-state index is 0.160. The maximum atomic E-state index is 12.8. The van der Waals surface area contributed by atoms with Crippen molar-refractivity contribution in [2.45, 2.75) is 45.2 Å². The third kappa shape index (κ3) is 3.83. The van der Waals surface area contributed by atoms with Gasteiger partial charge in [-0.05, 0) is 49.4 Å². The molecule has 0 radical (unpaired) electrons. The third-order valence-corrected chi connectivity index (χ3v) is 4.55. The summed E-state index contributed by atoms with van der Waals surface area (Å²) in [6, 6.07) is 9.58. The van der Waals surface area contributed by atoms with Crippen molar-refractivity contribution in [1.29, 1.82) is 5.26 Å². The van der Waals surface area contributed by atoms with Crippen molar-refractivity contribution in [3.05, 3.63) is 53.3 Å². The van der Waals surface area contributed by atoms with E-state index >= 15 is 0 Å². The number of nitriles is 1. The van der Waals surface area contributed by atoms with Crippen LogP contribution in [-0.2, 0) is 17.8 Å². The predicted molar refractivity (Wildman–Crippen MR) is 91.2 cm³/mol. The molecule has 0 aliphatic carbocycles. The van der Waals surface area contributed by atoms with Crippen LogP contribution >= 0.6 is 0 Å². The van der Waals surface area contributed by atoms with Gasteiger partial charge in [0.05, 0.1) is 36.8 Å². The second-order valence-electron chi connectivity index (χ2n) is 6.46. The molecule has 0 bridgehead atoms. The Kier molecular flexibility index (Phi) is 4.95. The molecular formula is C19H22N4O. The van der Waals surface area contributed by atoms with E-state index in [-0.39, 0.29) is 11.9 Å². The minimum Gasteiger partial charge on any atom is -0.338 e. The van der Waals surface area contributed by atoms with Crippen LogP contribution in [0.15, 0.2) is 36.7 Å². The Morgan fingerprint density at radius 3 is 2.79 bits per heavy atom. The Morgan fingerprint density at radius 2 is 2.12 bits per heavy atom. The maximum Gasteiger partial charge on any atom is 0.227 e. The summed E-state index contributed by atoms with van der Waals surface area (Å²) in [4.78, 5) is 14.8. The largest absolute Gasteiger partial charge is 0.338 e. The van der Waals surface area contributed by atoms with Gasteiger partial charge in [-0.2, -0.15) is 10.4 Å². The van der Waals surface area contributed by atoms with Crippen molar-refractivity contribution in [3.63, 3.8) is 0 Å². The zero-order chi connectivity index (χ0) is 16.9. The van der Waals surface area contributed by atoms with Crippen LogP contribution in [0.1, 0.15) is 36.0 Å². The van der Waals surface area contributed by atoms with Crippen molar-refractivity contribution >= 4 is 5.91 Å². The monoisotopic (exact) mass is 322 g/mol. The van der Waals surface area contributed by atoms with Crippen LogP contribution in [0.2, 0.25) is 0 Å². The molecule has 1 atom stereocenters. The van der Waals surface area contributed by atoms with E-state index in [4.69, 9.17) is 5.26 Å². The summed E-state index contributed by atoms with van der Waals surface area (Å²) < 4.78 is 1.94. The lowest BCUT2D eigenvalue weighted by atomic mass is 10.0. The van der Waals surface area contributed by atoms with Crippen molar-refractivity contribution in [2.75, 3.05) is 6.54 Å². The topological polar surface area (TPSA) is 61.9 Å². The van der Waals surface area contributed by atoms with Crippen LogP contribution in [0.5, 0.6) is 0 Å². The maximum absolute atomic E-state index is 12.8. The molecule has 2 heterocycles. The average molecular weight is 322 g/mol. The summed E-state index contributed by atoms with van der Waals surface area (Å²) in [6.07, 6.45) is 7.52. The second-order valence-corrected chi connectivity index (χ2v) is 6.46. The highest BCUT2D eigenvalue weighted by Crippen LogP contribution is 2.20. The van der Waals surface area contributed by atoms with Crippen molar-refractivity contribution < 1.29 is 4.79 Å². The first kappa shape index (κ1) is 16.3. The van der Waals surface area contributed by atoms with Crippen LogP contribution in [0.3, 0.4) is 0 Å². The van der Waals surface area contributed by atoms with Gasteiger partial charge in [0, 0.05) is 12.7 Å². The molecule has 1 aliphatic rings. The number of likely N-dealkylation sites (tertiary alicyclic amines) is 1. The second kappa shape index (κ2) is 7.31. The molecule has 1 amide bonds. The molecule has 5 heteroatoms. The van der Waals surface area contributed by atoms with Gasteiger partial charge in [0.15, 0.2) is 0 Å². The number of carbonyl (C=O) groups excluding carboxylic acids is 1. The van der Waals surface area contributed by atoms with Crippen LogP contribution < -0.4 is 0 Å². The quantitative estimate of drug-likeness (QED) is 0.869. The molecule has 0 spiro atoms. The average Bonchev–Trinajstić information content (AvgIpc) is 3.01. The molecule has 3 rings (SSSR count). The molecule has 0 N–H and O–H groups in total. The summed E-state index contributed by atoms with van der Waals surface area (Å²) in [7, 11) is 0. The molecule has 1 aliphatic heterocycles. The minimum atomic E-state index is 0.160. The zero-order valence-electron chi connectivity index (χ0n) is 14.0. The summed E-state index contributed by atoms with van der Waals surface area (Å²) >= 11 is 0. The van der Waals surface area contributed by atoms with E-state index in [1.54, 1.807) is 12.1 Å². The molecule has 1 saturated heterocycles. The van der Waals surface area contributed by atoms with E-state index in [1.165, 1.54) is 0 Å². The highest BCUT2D eigenvalue weighted by atomic mass is 16.2. The van der Waals surface area contributed by atoms with E-state index in [2.05, 4.69) is 11.2 Å². The molecule has 1 aromatic heterocycles. The van der Waals surface area contributed by atoms with E-state index < -0.39 is 0 Å². The van der Waals surface area contributed by atoms with E-state index in [9.17, 15) is 4.79 Å². The van der Waals surface area contributed by atoms with Gasteiger partial charge < -0.3 is 4.90 Å². The number of benzene rings is 1. The van der Waals surface area contributed by atoms with Gasteiger partial charge in [-0.1, -0.05) is 12.1 Å². The smallest absolute Gasteiger partial charge is 0.227 e. The van der Waals surface area contributed by atoms with Gasteiger partial charge in [0.25, 0.3) is 0 Å². The fraction of sp³-hybridized carbons (Fsp3) is 0.421. The molecule has 24 heavy (non-hydrogen) atoms. The SMILES string of the molecule is Cc1cnn(C[C@@H]2CCCCN2C(=O)Cc2ccc(C#N)cc2)c1. The number of carbonyl (C=O) groups is 1. The summed E-state index contributed by atoms with van der Waals surface area (Å²) in [6.45, 7) is 3.60. The Labute approximate surface area is 142 Å². The molecule has 0 saturated carbocycles. The number of amides is 1. The van der Waals surface area contributed by atoms with Crippen molar-refractivity contribution in [2.24, 2.45) is 0 Å². The lowest BCUT2D eigenvalue weighted by molar-refractivity contribution is -0.134. The number of aromatic nitrogens is 2. The fourth-order valence-electron chi connectivity index (χ4n) is 3.27. The molecule has 5 nitrogen and oxygen atoms in total. The van der Waals surface area contributed by atoms with Gasteiger partial charge in [-0.15, -0.1) is 0 Å². The molecule has 1 fully saturated rings. The van der Waals surface area contributed by atoms with Crippen LogP contribution in [0.25, 0.3) is 0 Å². The Morgan fingerprint density at radius 1 is 1.33 bits per heavy atom. The number of nitrogens with zero attached hydrogens (tertiary/aromatic N) is 4. The summed E-state index contributed by atoms with van der Waals surface area (Å²) in [5.41, 5.74) is 2.72. The van der Waals surface area contributed by atoms with Gasteiger partial charge in [-0.3, -0.25) is 9.48 Å². The van der Waals surface area contributed by atoms with Crippen molar-refractivity contribution in [3.8, 4) is 6.07 Å². The lowest BCUT2D eigenvalue weighted by Crippen LogP contribution is -2.46. The molecular weight excluding hydrogens is 300 g/mol. The number of piperidine rings is 1. The first-order valence-corrected chi connectivity index (χ1v) is 8.43. The van der Waals surface area contributed by atoms with Crippen LogP contribution in [0, 0.1) is 18.3 Å². The number of rotatable bonds is 4. The number of aryl methyl sites for hydroxylation is 1. The number of hydrogen-bond donors (Lipinski definition) is 0. The summed E-state index contributed by atoms with van der Waals surface area (Å²) in [5, 5.41) is 13.2.